The minimum atomic E-state index is -0.0563. The third-order valence-corrected chi connectivity index (χ3v) is 6.10. The van der Waals surface area contributed by atoms with E-state index in [4.69, 9.17) is 9.05 Å². The molecular weight excluding hydrogens is 401 g/mol. The first-order valence-electron chi connectivity index (χ1n) is 7.28. The molecule has 0 amide bonds. The van der Waals surface area contributed by atoms with Crippen LogP contribution in [0, 0.1) is 6.92 Å². The molecule has 0 aromatic rings. The molecule has 0 spiro atoms. The van der Waals surface area contributed by atoms with E-state index in [2.05, 4.69) is 76.4 Å². The van der Waals surface area contributed by atoms with Crippen molar-refractivity contribution in [1.82, 2.24) is 0 Å². The van der Waals surface area contributed by atoms with Crippen LogP contribution in [-0.4, -0.2) is 37.9 Å². The van der Waals surface area contributed by atoms with Crippen molar-refractivity contribution in [2.45, 2.75) is 48.5 Å². The van der Waals surface area contributed by atoms with Gasteiger partial charge in [-0.15, -0.1) is 0 Å². The minimum absolute atomic E-state index is 0.0563. The van der Waals surface area contributed by atoms with Gasteiger partial charge in [0.1, 0.15) is 0 Å². The molecule has 0 rings (SSSR count). The van der Waals surface area contributed by atoms with Crippen molar-refractivity contribution in [3.63, 3.8) is 0 Å². The summed E-state index contributed by atoms with van der Waals surface area (Å²) in [5.41, 5.74) is 0. The normalized spacial score (nSPS) is 9.05. The van der Waals surface area contributed by atoms with Crippen LogP contribution in [0.25, 0.3) is 0 Å². The molecule has 0 bridgehead atoms. The summed E-state index contributed by atoms with van der Waals surface area (Å²) in [5.74, 6) is 0. The molecule has 0 radical (unpaired) electrons. The average molecular weight is 436 g/mol. The molecule has 0 atom stereocenters. The summed E-state index contributed by atoms with van der Waals surface area (Å²) in [5, 5.41) is 0. The second-order valence-electron chi connectivity index (χ2n) is 3.06. The fraction of sp³-hybridized carbons (Fsp3) is 0.929. The van der Waals surface area contributed by atoms with Crippen molar-refractivity contribution in [3.05, 3.63) is 6.92 Å². The van der Waals surface area contributed by atoms with E-state index in [9.17, 15) is 0 Å². The molecule has 0 saturated heterocycles. The summed E-state index contributed by atoms with van der Waals surface area (Å²) in [6.45, 7) is 19.6. The predicted molar refractivity (Wildman–Crippen MR) is 99.2 cm³/mol. The Morgan fingerprint density at radius 1 is 0.700 bits per heavy atom. The second-order valence-corrected chi connectivity index (χ2v) is 8.04. The zero-order valence-electron chi connectivity index (χ0n) is 14.4. The van der Waals surface area contributed by atoms with E-state index in [0.717, 1.165) is 13.2 Å². The molecule has 0 fully saturated rings. The van der Waals surface area contributed by atoms with Crippen molar-refractivity contribution >= 4 is 30.5 Å². The van der Waals surface area contributed by atoms with Crippen LogP contribution in [0.2, 0.25) is 0 Å². The number of hydrogen-bond donors (Lipinski definition) is 0. The SMILES string of the molecule is CCOP(CC)CC.CCOP(CC)CC.[CH2-]C.[Ni][Br]. The monoisotopic (exact) mass is 434 g/mol. The Bertz CT molecular complexity index is 114. The molecule has 131 valence electrons. The number of halogens is 1. The summed E-state index contributed by atoms with van der Waals surface area (Å²) in [6, 6.07) is 0. The van der Waals surface area contributed by atoms with Crippen molar-refractivity contribution in [3.8, 4) is 0 Å². The molecule has 0 aromatic heterocycles. The van der Waals surface area contributed by atoms with E-state index in [0.29, 0.717) is 0 Å². The van der Waals surface area contributed by atoms with Crippen LogP contribution < -0.4 is 0 Å². The fourth-order valence-corrected chi connectivity index (χ4v) is 3.53. The maximum absolute atomic E-state index is 5.41. The second kappa shape index (κ2) is 32.6. The third kappa shape index (κ3) is 28.0. The van der Waals surface area contributed by atoms with Crippen LogP contribution in [0.5, 0.6) is 0 Å². The van der Waals surface area contributed by atoms with E-state index in [-0.39, 0.29) is 16.3 Å². The first-order valence-corrected chi connectivity index (χ1v) is 13.0. The van der Waals surface area contributed by atoms with Crippen LogP contribution >= 0.6 is 30.5 Å². The van der Waals surface area contributed by atoms with E-state index in [1.807, 2.05) is 0 Å². The first-order chi connectivity index (χ1) is 9.69. The number of rotatable bonds is 8. The molecule has 0 aliphatic rings. The van der Waals surface area contributed by atoms with Gasteiger partial charge >= 0.3 is 27.9 Å². The predicted octanol–water partition coefficient (Wildman–Crippen LogP) is 6.60. The molecule has 0 heterocycles. The molecule has 0 unspecified atom stereocenters. The quantitative estimate of drug-likeness (QED) is 0.243. The average Bonchev–Trinajstić information content (AvgIpc) is 2.54. The van der Waals surface area contributed by atoms with Crippen LogP contribution in [0.3, 0.4) is 0 Å². The Balaban J connectivity index is -0.000000102. The standard InChI is InChI=1S/2C6H15OP.C2H5.BrH.Ni/c2*1-4-7-8(5-2)6-3;1-2;;/h2*4-6H2,1-3H3;1H2,2H3;1H;/q;;-1;;+1/p-1. The molecule has 2 nitrogen and oxygen atoms in total. The molecule has 0 saturated carbocycles. The van der Waals surface area contributed by atoms with E-state index >= 15 is 0 Å². The van der Waals surface area contributed by atoms with Gasteiger partial charge in [0.2, 0.25) is 0 Å². The van der Waals surface area contributed by atoms with Gasteiger partial charge in [0.05, 0.1) is 0 Å². The summed E-state index contributed by atoms with van der Waals surface area (Å²) in [4.78, 5) is 0. The van der Waals surface area contributed by atoms with Gasteiger partial charge in [-0.25, -0.2) is 0 Å². The van der Waals surface area contributed by atoms with E-state index in [1.165, 1.54) is 24.6 Å². The summed E-state index contributed by atoms with van der Waals surface area (Å²) >= 11 is 6.25. The van der Waals surface area contributed by atoms with E-state index in [1.54, 1.807) is 6.92 Å². The topological polar surface area (TPSA) is 18.5 Å². The molecule has 6 heteroatoms. The van der Waals surface area contributed by atoms with Crippen LogP contribution in [0.1, 0.15) is 48.5 Å². The Hall–Kier alpha value is 1.75. The number of hydrogen-bond acceptors (Lipinski definition) is 2. The van der Waals surface area contributed by atoms with Crippen LogP contribution in [0.15, 0.2) is 0 Å². The van der Waals surface area contributed by atoms with Crippen molar-refractivity contribution in [1.29, 1.82) is 0 Å². The molecule has 20 heavy (non-hydrogen) atoms. The van der Waals surface area contributed by atoms with Gasteiger partial charge in [-0.1, -0.05) is 27.7 Å². The summed E-state index contributed by atoms with van der Waals surface area (Å²) < 4.78 is 10.8. The van der Waals surface area contributed by atoms with Gasteiger partial charge in [0, 0.05) is 29.5 Å². The Labute approximate surface area is 146 Å². The molecule has 0 aliphatic heterocycles. The van der Waals surface area contributed by atoms with Gasteiger partial charge in [0.15, 0.2) is 0 Å². The molecular formula is C14H35BrNiO2P2-. The van der Waals surface area contributed by atoms with Gasteiger partial charge in [-0.2, -0.15) is 6.92 Å². The van der Waals surface area contributed by atoms with E-state index < -0.39 is 0 Å². The Kier molecular flexibility index (Phi) is 48.5. The summed E-state index contributed by atoms with van der Waals surface area (Å²) in [7, 11) is -0.113. The zero-order chi connectivity index (χ0) is 16.8. The summed E-state index contributed by atoms with van der Waals surface area (Å²) in [6.07, 6.45) is 4.83. The fourth-order valence-electron chi connectivity index (χ4n) is 1.18. The zero-order valence-corrected chi connectivity index (χ0v) is 18.7. The first kappa shape index (κ1) is 29.7. The Morgan fingerprint density at radius 3 is 0.950 bits per heavy atom. The molecule has 0 N–H and O–H groups in total. The van der Waals surface area contributed by atoms with Crippen LogP contribution in [-0.2, 0) is 22.7 Å². The molecule has 0 aliphatic carbocycles. The van der Waals surface area contributed by atoms with Gasteiger partial charge < -0.3 is 16.0 Å². The van der Waals surface area contributed by atoms with Crippen LogP contribution in [0.4, 0.5) is 0 Å². The van der Waals surface area contributed by atoms with Crippen molar-refractivity contribution in [2.75, 3.05) is 37.9 Å². The maximum atomic E-state index is 5.41. The molecule has 0 aromatic carbocycles. The van der Waals surface area contributed by atoms with Gasteiger partial charge in [0.25, 0.3) is 0 Å². The van der Waals surface area contributed by atoms with Gasteiger partial charge in [-0.3, -0.25) is 0 Å². The van der Waals surface area contributed by atoms with Crippen molar-refractivity contribution < 1.29 is 22.7 Å². The van der Waals surface area contributed by atoms with Crippen molar-refractivity contribution in [2.24, 2.45) is 0 Å². The third-order valence-electron chi connectivity index (χ3n) is 2.03. The van der Waals surface area contributed by atoms with Gasteiger partial charge in [-0.05, 0) is 38.5 Å². The Morgan fingerprint density at radius 2 is 0.900 bits per heavy atom.